The predicted octanol–water partition coefficient (Wildman–Crippen LogP) is 6.66. The largest absolute Gasteiger partial charge is 0.478 e. The van der Waals surface area contributed by atoms with E-state index in [-0.39, 0.29) is 22.8 Å². The Kier molecular flexibility index (Phi) is 7.96. The Hall–Kier alpha value is -4.86. The average Bonchev–Trinajstić information content (AvgIpc) is 2.82. The highest BCUT2D eigenvalue weighted by Crippen LogP contribution is 2.44. The summed E-state index contributed by atoms with van der Waals surface area (Å²) in [6.07, 6.45) is 0. The Balaban J connectivity index is 2.24. The Morgan fingerprint density at radius 1 is 0.550 bits per heavy atom. The lowest BCUT2D eigenvalue weighted by molar-refractivity contribution is 0.0649. The van der Waals surface area contributed by atoms with Crippen LogP contribution in [0.25, 0.3) is 0 Å². The maximum atomic E-state index is 12.0. The number of carboxylic acids is 4. The Bertz CT molecular complexity index is 1520. The monoisotopic (exact) mass is 550 g/mol. The lowest BCUT2D eigenvalue weighted by Gasteiger charge is -2.29. The maximum Gasteiger partial charge on any atom is 0.340 e. The van der Waals surface area contributed by atoms with Crippen molar-refractivity contribution < 1.29 is 49.1 Å². The molecule has 0 saturated carbocycles. The molecule has 3 aromatic carbocycles. The lowest BCUT2D eigenvalue weighted by atomic mass is 9.80. The van der Waals surface area contributed by atoms with Gasteiger partial charge in [-0.15, -0.1) is 0 Å². The van der Waals surface area contributed by atoms with Crippen LogP contribution >= 0.6 is 0 Å². The zero-order chi connectivity index (χ0) is 30.2. The summed E-state index contributed by atoms with van der Waals surface area (Å²) < 4.78 is 12.2. The minimum absolute atomic E-state index is 0.101. The molecular formula is C30H30O10. The molecule has 0 radical (unpaired) electrons. The smallest absolute Gasteiger partial charge is 0.340 e. The van der Waals surface area contributed by atoms with Gasteiger partial charge in [-0.25, -0.2) is 19.2 Å². The molecule has 10 nitrogen and oxygen atoms in total. The fourth-order valence-electron chi connectivity index (χ4n) is 4.11. The van der Waals surface area contributed by atoms with Gasteiger partial charge in [0.25, 0.3) is 0 Å². The quantitative estimate of drug-likeness (QED) is 0.238. The highest BCUT2D eigenvalue weighted by atomic mass is 16.5. The topological polar surface area (TPSA) is 168 Å². The number of hydrogen-bond donors (Lipinski definition) is 4. The Morgan fingerprint density at radius 3 is 1.50 bits per heavy atom. The summed E-state index contributed by atoms with van der Waals surface area (Å²) in [5.74, 6) is -5.10. The highest BCUT2D eigenvalue weighted by molar-refractivity contribution is 6.04. The first-order valence-electron chi connectivity index (χ1n) is 12.2. The molecule has 3 rings (SSSR count). The van der Waals surface area contributed by atoms with Crippen LogP contribution < -0.4 is 9.47 Å². The number of rotatable bonds is 8. The first-order chi connectivity index (χ1) is 18.4. The standard InChI is InChI=1S/C30H30O10/c1-29(2,3)19-14-23(40-21-9-7-8-17(26(33)34)24(21)28(37)38)20(30(4,5)6)13-22(19)39-15-10-11-16(25(31)32)18(12-15)27(35)36/h7-14H,1-6H3,(H,31,32)(H,33,34)(H,35,36)(H,37,38). The van der Waals surface area contributed by atoms with E-state index in [1.54, 1.807) is 12.1 Å². The minimum atomic E-state index is -1.46. The van der Waals surface area contributed by atoms with Gasteiger partial charge in [0.2, 0.25) is 0 Å². The summed E-state index contributed by atoms with van der Waals surface area (Å²) in [5.41, 5.74) is -1.65. The molecule has 40 heavy (non-hydrogen) atoms. The van der Waals surface area contributed by atoms with Crippen LogP contribution in [-0.2, 0) is 10.8 Å². The molecule has 4 N–H and O–H groups in total. The van der Waals surface area contributed by atoms with E-state index >= 15 is 0 Å². The van der Waals surface area contributed by atoms with E-state index in [0.717, 1.165) is 12.1 Å². The van der Waals surface area contributed by atoms with E-state index in [1.807, 2.05) is 41.5 Å². The van der Waals surface area contributed by atoms with E-state index in [1.165, 1.54) is 24.3 Å². The maximum absolute atomic E-state index is 12.0. The highest BCUT2D eigenvalue weighted by Gasteiger charge is 2.29. The zero-order valence-corrected chi connectivity index (χ0v) is 22.9. The molecule has 0 heterocycles. The van der Waals surface area contributed by atoms with Gasteiger partial charge in [-0.3, -0.25) is 0 Å². The number of ether oxygens (including phenoxy) is 2. The predicted molar refractivity (Wildman–Crippen MR) is 145 cm³/mol. The van der Waals surface area contributed by atoms with Crippen LogP contribution in [0.4, 0.5) is 0 Å². The van der Waals surface area contributed by atoms with Gasteiger partial charge in [0.15, 0.2) is 0 Å². The molecular weight excluding hydrogens is 520 g/mol. The SMILES string of the molecule is CC(C)(C)c1cc(Oc2cccc(C(=O)O)c2C(=O)O)c(C(C)(C)C)cc1Oc1ccc(C(=O)O)c(C(=O)O)c1. The summed E-state index contributed by atoms with van der Waals surface area (Å²) in [6.45, 7) is 11.4. The molecule has 0 saturated heterocycles. The van der Waals surface area contributed by atoms with Gasteiger partial charge in [0.1, 0.15) is 28.6 Å². The number of aromatic carboxylic acids is 4. The third kappa shape index (κ3) is 6.23. The molecule has 0 unspecified atom stereocenters. The first-order valence-corrected chi connectivity index (χ1v) is 12.2. The zero-order valence-electron chi connectivity index (χ0n) is 22.9. The van der Waals surface area contributed by atoms with Crippen molar-refractivity contribution in [2.45, 2.75) is 52.4 Å². The summed E-state index contributed by atoms with van der Waals surface area (Å²) in [6, 6.07) is 11.0. The Labute approximate surface area is 230 Å². The van der Waals surface area contributed by atoms with Crippen molar-refractivity contribution in [3.05, 3.63) is 81.9 Å². The van der Waals surface area contributed by atoms with Crippen LogP contribution in [0.2, 0.25) is 0 Å². The molecule has 0 fully saturated rings. The van der Waals surface area contributed by atoms with Gasteiger partial charge >= 0.3 is 23.9 Å². The fraction of sp³-hybridized carbons (Fsp3) is 0.267. The van der Waals surface area contributed by atoms with E-state index in [4.69, 9.17) is 9.47 Å². The van der Waals surface area contributed by atoms with Crippen molar-refractivity contribution >= 4 is 23.9 Å². The van der Waals surface area contributed by atoms with Crippen molar-refractivity contribution in [1.82, 2.24) is 0 Å². The van der Waals surface area contributed by atoms with Gasteiger partial charge in [0, 0.05) is 11.1 Å². The number of hydrogen-bond acceptors (Lipinski definition) is 6. The molecule has 0 bridgehead atoms. The van der Waals surface area contributed by atoms with Gasteiger partial charge < -0.3 is 29.9 Å². The molecule has 0 spiro atoms. The molecule has 210 valence electrons. The summed E-state index contributed by atoms with van der Waals surface area (Å²) in [4.78, 5) is 46.8. The summed E-state index contributed by atoms with van der Waals surface area (Å²) in [7, 11) is 0. The average molecular weight is 551 g/mol. The molecule has 0 aliphatic carbocycles. The van der Waals surface area contributed by atoms with Crippen molar-refractivity contribution in [2.24, 2.45) is 0 Å². The normalized spacial score (nSPS) is 11.6. The van der Waals surface area contributed by atoms with Crippen LogP contribution in [0.3, 0.4) is 0 Å². The van der Waals surface area contributed by atoms with Gasteiger partial charge in [-0.1, -0.05) is 47.6 Å². The van der Waals surface area contributed by atoms with Crippen molar-refractivity contribution in [2.75, 3.05) is 0 Å². The van der Waals surface area contributed by atoms with Gasteiger partial charge in [0.05, 0.1) is 16.7 Å². The second kappa shape index (κ2) is 10.7. The molecule has 0 aliphatic rings. The first kappa shape index (κ1) is 29.7. The van der Waals surface area contributed by atoms with Crippen molar-refractivity contribution in [3.8, 4) is 23.0 Å². The molecule has 10 heteroatoms. The minimum Gasteiger partial charge on any atom is -0.478 e. The molecule has 3 aromatic rings. The Morgan fingerprint density at radius 2 is 1.05 bits per heavy atom. The van der Waals surface area contributed by atoms with Crippen LogP contribution in [0.1, 0.15) is 94.1 Å². The van der Waals surface area contributed by atoms with Crippen molar-refractivity contribution in [3.63, 3.8) is 0 Å². The molecule has 0 atom stereocenters. The van der Waals surface area contributed by atoms with Crippen LogP contribution in [0, 0.1) is 0 Å². The van der Waals surface area contributed by atoms with E-state index in [9.17, 15) is 39.6 Å². The molecule has 0 aromatic heterocycles. The van der Waals surface area contributed by atoms with Crippen LogP contribution in [-0.4, -0.2) is 44.3 Å². The fourth-order valence-corrected chi connectivity index (χ4v) is 4.11. The van der Waals surface area contributed by atoms with Crippen LogP contribution in [0.5, 0.6) is 23.0 Å². The molecule has 0 amide bonds. The van der Waals surface area contributed by atoms with E-state index in [0.29, 0.717) is 16.9 Å². The molecule has 0 aliphatic heterocycles. The van der Waals surface area contributed by atoms with Crippen molar-refractivity contribution in [1.29, 1.82) is 0 Å². The number of benzene rings is 3. The third-order valence-electron chi connectivity index (χ3n) is 6.07. The number of carbonyl (C=O) groups is 4. The van der Waals surface area contributed by atoms with Gasteiger partial charge in [-0.2, -0.15) is 0 Å². The third-order valence-corrected chi connectivity index (χ3v) is 6.07. The second-order valence-electron chi connectivity index (χ2n) is 11.2. The summed E-state index contributed by atoms with van der Waals surface area (Å²) >= 11 is 0. The van der Waals surface area contributed by atoms with Crippen LogP contribution in [0.15, 0.2) is 48.5 Å². The second-order valence-corrected chi connectivity index (χ2v) is 11.2. The van der Waals surface area contributed by atoms with Gasteiger partial charge in [-0.05, 0) is 53.3 Å². The van der Waals surface area contributed by atoms with E-state index in [2.05, 4.69) is 0 Å². The summed E-state index contributed by atoms with van der Waals surface area (Å²) in [5, 5.41) is 38.1. The van der Waals surface area contributed by atoms with E-state index < -0.39 is 51.4 Å². The lowest BCUT2D eigenvalue weighted by Crippen LogP contribution is -2.18. The number of carboxylic acid groups (broad SMARTS) is 4.